The average Bonchev–Trinajstić information content (AvgIpc) is 1.78. The van der Waals surface area contributed by atoms with Crippen LogP contribution in [0.2, 0.25) is 0 Å². The Morgan fingerprint density at radius 1 is 1.33 bits per heavy atom. The predicted molar refractivity (Wildman–Crippen MR) is 37.3 cm³/mol. The lowest BCUT2D eigenvalue weighted by Crippen LogP contribution is -2.37. The molecule has 0 atom stereocenters. The second kappa shape index (κ2) is 2.49. The molecule has 2 nitrogen and oxygen atoms in total. The van der Waals surface area contributed by atoms with Crippen LogP contribution in [0.5, 0.6) is 0 Å². The normalized spacial score (nSPS) is 26.3. The summed E-state index contributed by atoms with van der Waals surface area (Å²) in [6, 6.07) is 0. The molecule has 0 N–H and O–H groups in total. The highest BCUT2D eigenvalue weighted by Gasteiger charge is 2.30. The van der Waals surface area contributed by atoms with Crippen molar-refractivity contribution < 1.29 is 9.31 Å². The molecule has 1 heterocycles. The van der Waals surface area contributed by atoms with Crippen LogP contribution in [0.4, 0.5) is 0 Å². The zero-order valence-electron chi connectivity index (χ0n) is 5.69. The molecule has 0 aliphatic carbocycles. The summed E-state index contributed by atoms with van der Waals surface area (Å²) in [5.41, 5.74) is 0.130. The first-order chi connectivity index (χ1) is 4.10. The molecule has 1 aliphatic rings. The third-order valence-electron chi connectivity index (χ3n) is 1.21. The first kappa shape index (κ1) is 7.38. The molecule has 1 rings (SSSR count). The summed E-state index contributed by atoms with van der Waals surface area (Å²) in [5.74, 6) is 0. The lowest BCUT2D eigenvalue weighted by Gasteiger charge is -2.30. The highest BCUT2D eigenvalue weighted by atomic mass is 35.5. The maximum atomic E-state index is 5.50. The van der Waals surface area contributed by atoms with Gasteiger partial charge < -0.3 is 9.31 Å². The van der Waals surface area contributed by atoms with Crippen molar-refractivity contribution in [3.05, 3.63) is 0 Å². The number of rotatable bonds is 0. The Balaban J connectivity index is 2.35. The van der Waals surface area contributed by atoms with Crippen molar-refractivity contribution in [2.45, 2.75) is 13.8 Å². The van der Waals surface area contributed by atoms with Crippen molar-refractivity contribution in [2.24, 2.45) is 5.41 Å². The van der Waals surface area contributed by atoms with Crippen molar-refractivity contribution in [1.29, 1.82) is 0 Å². The first-order valence-corrected chi connectivity index (χ1v) is 3.41. The third kappa shape index (κ3) is 2.16. The van der Waals surface area contributed by atoms with Gasteiger partial charge in [0.15, 0.2) is 0 Å². The third-order valence-corrected chi connectivity index (χ3v) is 1.46. The minimum absolute atomic E-state index is 0.130. The summed E-state index contributed by atoms with van der Waals surface area (Å²) < 4.78 is 10.1. The molecule has 0 amide bonds. The molecule has 52 valence electrons. The molecular formula is C5H10BClO2. The Kier molecular flexibility index (Phi) is 2.04. The van der Waals surface area contributed by atoms with E-state index < -0.39 is 6.53 Å². The molecule has 1 saturated heterocycles. The second-order valence-corrected chi connectivity index (χ2v) is 3.42. The minimum Gasteiger partial charge on any atom is -0.397 e. The Labute approximate surface area is 60.5 Å². The Morgan fingerprint density at radius 2 is 1.78 bits per heavy atom. The van der Waals surface area contributed by atoms with Crippen molar-refractivity contribution >= 4 is 18.0 Å². The molecule has 0 saturated carbocycles. The monoisotopic (exact) mass is 148 g/mol. The van der Waals surface area contributed by atoms with Gasteiger partial charge in [-0.05, 0) is 0 Å². The van der Waals surface area contributed by atoms with E-state index in [-0.39, 0.29) is 5.41 Å². The van der Waals surface area contributed by atoms with E-state index in [0.717, 1.165) is 0 Å². The van der Waals surface area contributed by atoms with Crippen molar-refractivity contribution in [1.82, 2.24) is 0 Å². The molecular weight excluding hydrogens is 138 g/mol. The fraction of sp³-hybridized carbons (Fsp3) is 1.00. The van der Waals surface area contributed by atoms with Gasteiger partial charge in [-0.2, -0.15) is 0 Å². The van der Waals surface area contributed by atoms with Gasteiger partial charge in [-0.15, -0.1) is 11.5 Å². The standard InChI is InChI=1S/C5H10BClO2/c1-5(2)3-8-6(7)9-4-5/h3-4H2,1-2H3. The van der Waals surface area contributed by atoms with Crippen LogP contribution in [0, 0.1) is 5.41 Å². The topological polar surface area (TPSA) is 18.5 Å². The van der Waals surface area contributed by atoms with E-state index in [9.17, 15) is 0 Å². The van der Waals surface area contributed by atoms with Gasteiger partial charge in [0.1, 0.15) is 0 Å². The van der Waals surface area contributed by atoms with Crippen LogP contribution >= 0.6 is 11.5 Å². The van der Waals surface area contributed by atoms with Gasteiger partial charge in [-0.1, -0.05) is 13.8 Å². The van der Waals surface area contributed by atoms with Crippen LogP contribution in [0.15, 0.2) is 0 Å². The molecule has 0 aromatic heterocycles. The van der Waals surface area contributed by atoms with Crippen LogP contribution < -0.4 is 0 Å². The molecule has 0 spiro atoms. The maximum absolute atomic E-state index is 5.50. The predicted octanol–water partition coefficient (Wildman–Crippen LogP) is 1.28. The molecule has 0 unspecified atom stereocenters. The van der Waals surface area contributed by atoms with Crippen molar-refractivity contribution in [3.63, 3.8) is 0 Å². The smallest absolute Gasteiger partial charge is 0.397 e. The largest absolute Gasteiger partial charge is 0.571 e. The van der Waals surface area contributed by atoms with Crippen LogP contribution in [0.25, 0.3) is 0 Å². The van der Waals surface area contributed by atoms with Crippen molar-refractivity contribution in [2.75, 3.05) is 13.2 Å². The highest BCUT2D eigenvalue weighted by molar-refractivity contribution is 6.99. The van der Waals surface area contributed by atoms with E-state index in [2.05, 4.69) is 13.8 Å². The summed E-state index contributed by atoms with van der Waals surface area (Å²) in [4.78, 5) is 0. The fourth-order valence-corrected chi connectivity index (χ4v) is 0.798. The van der Waals surface area contributed by atoms with E-state index in [1.807, 2.05) is 0 Å². The van der Waals surface area contributed by atoms with E-state index in [1.165, 1.54) is 0 Å². The van der Waals surface area contributed by atoms with Crippen LogP contribution in [-0.2, 0) is 9.31 Å². The Morgan fingerprint density at radius 3 is 2.11 bits per heavy atom. The number of halogens is 1. The summed E-state index contributed by atoms with van der Waals surface area (Å²) >= 11 is 5.50. The lowest BCUT2D eigenvalue weighted by molar-refractivity contribution is 0.0378. The van der Waals surface area contributed by atoms with Gasteiger partial charge >= 0.3 is 6.53 Å². The Bertz CT molecular complexity index is 97.1. The summed E-state index contributed by atoms with van der Waals surface area (Å²) in [5, 5.41) is 0. The lowest BCUT2D eigenvalue weighted by atomic mass is 9.94. The number of hydrogen-bond acceptors (Lipinski definition) is 2. The summed E-state index contributed by atoms with van der Waals surface area (Å²) in [7, 11) is 0. The molecule has 0 radical (unpaired) electrons. The Hall–Kier alpha value is 0.275. The minimum atomic E-state index is -0.530. The summed E-state index contributed by atoms with van der Waals surface area (Å²) in [6.45, 7) is 4.99. The second-order valence-electron chi connectivity index (χ2n) is 3.06. The maximum Gasteiger partial charge on any atom is 0.571 e. The van der Waals surface area contributed by atoms with Gasteiger partial charge in [0.25, 0.3) is 0 Å². The molecule has 0 aromatic carbocycles. The van der Waals surface area contributed by atoms with Gasteiger partial charge in [0, 0.05) is 18.6 Å². The van der Waals surface area contributed by atoms with Crippen LogP contribution in [0.3, 0.4) is 0 Å². The first-order valence-electron chi connectivity index (χ1n) is 2.97. The summed E-state index contributed by atoms with van der Waals surface area (Å²) in [6.07, 6.45) is 0. The van der Waals surface area contributed by atoms with Gasteiger partial charge in [-0.25, -0.2) is 0 Å². The zero-order chi connectivity index (χ0) is 6.91. The molecule has 9 heavy (non-hydrogen) atoms. The van der Waals surface area contributed by atoms with E-state index in [1.54, 1.807) is 0 Å². The van der Waals surface area contributed by atoms with E-state index >= 15 is 0 Å². The molecule has 1 fully saturated rings. The molecule has 0 aromatic rings. The van der Waals surface area contributed by atoms with Gasteiger partial charge in [0.05, 0.1) is 0 Å². The molecule has 4 heteroatoms. The average molecular weight is 148 g/mol. The zero-order valence-corrected chi connectivity index (χ0v) is 6.44. The van der Waals surface area contributed by atoms with Crippen LogP contribution in [0.1, 0.15) is 13.8 Å². The van der Waals surface area contributed by atoms with Crippen LogP contribution in [-0.4, -0.2) is 19.7 Å². The number of hydrogen-bond donors (Lipinski definition) is 0. The SMILES string of the molecule is CC1(C)COB(Cl)OC1. The van der Waals surface area contributed by atoms with Gasteiger partial charge in [0.2, 0.25) is 0 Å². The molecule has 1 aliphatic heterocycles. The highest BCUT2D eigenvalue weighted by Crippen LogP contribution is 2.22. The molecule has 0 bridgehead atoms. The van der Waals surface area contributed by atoms with E-state index in [0.29, 0.717) is 13.2 Å². The van der Waals surface area contributed by atoms with E-state index in [4.69, 9.17) is 20.8 Å². The quantitative estimate of drug-likeness (QED) is 0.482. The fourth-order valence-electron chi connectivity index (χ4n) is 0.672. The van der Waals surface area contributed by atoms with Gasteiger partial charge in [-0.3, -0.25) is 0 Å². The van der Waals surface area contributed by atoms with Crippen molar-refractivity contribution in [3.8, 4) is 0 Å².